The molecule has 9 heteroatoms. The lowest BCUT2D eigenvalue weighted by Crippen LogP contribution is -2.14. The van der Waals surface area contributed by atoms with Crippen molar-refractivity contribution in [2.75, 3.05) is 5.32 Å². The summed E-state index contributed by atoms with van der Waals surface area (Å²) in [6.07, 6.45) is 1.36. The molecule has 0 saturated heterocycles. The third-order valence-electron chi connectivity index (χ3n) is 2.21. The number of amides is 1. The minimum atomic E-state index is -0.353. The molecule has 0 unspecified atom stereocenters. The number of oxime groups is 1. The Hall–Kier alpha value is -2.19. The lowest BCUT2D eigenvalue weighted by Gasteiger charge is -2.07. The van der Waals surface area contributed by atoms with E-state index in [0.717, 1.165) is 11.5 Å². The van der Waals surface area contributed by atoms with Gasteiger partial charge in [-0.05, 0) is 29.7 Å². The molecule has 0 bridgehead atoms. The summed E-state index contributed by atoms with van der Waals surface area (Å²) in [6, 6.07) is 4.61. The largest absolute Gasteiger partial charge is 0.409 e. The molecule has 2 rings (SSSR count). The minimum Gasteiger partial charge on any atom is -0.409 e. The summed E-state index contributed by atoms with van der Waals surface area (Å²) in [5, 5.41) is 17.9. The molecule has 0 aliphatic carbocycles. The summed E-state index contributed by atoms with van der Waals surface area (Å²) < 4.78 is 3.59. The van der Waals surface area contributed by atoms with Crippen molar-refractivity contribution in [2.45, 2.75) is 0 Å². The van der Waals surface area contributed by atoms with Crippen molar-refractivity contribution in [3.05, 3.63) is 39.9 Å². The summed E-state index contributed by atoms with van der Waals surface area (Å²) >= 11 is 6.98. The molecule has 1 aromatic heterocycles. The predicted molar refractivity (Wildman–Crippen MR) is 71.8 cm³/mol. The molecule has 4 N–H and O–H groups in total. The number of aromatic nitrogens is 2. The van der Waals surface area contributed by atoms with Crippen LogP contribution in [0.25, 0.3) is 0 Å². The van der Waals surface area contributed by atoms with Crippen LogP contribution >= 0.6 is 23.1 Å². The summed E-state index contributed by atoms with van der Waals surface area (Å²) in [6.45, 7) is 0. The first-order chi connectivity index (χ1) is 9.11. The van der Waals surface area contributed by atoms with Gasteiger partial charge in [0.05, 0.1) is 16.9 Å². The Morgan fingerprint density at radius 2 is 2.32 bits per heavy atom. The van der Waals surface area contributed by atoms with Gasteiger partial charge in [-0.1, -0.05) is 21.2 Å². The molecular weight excluding hydrogens is 290 g/mol. The van der Waals surface area contributed by atoms with Crippen LogP contribution in [-0.4, -0.2) is 26.5 Å². The van der Waals surface area contributed by atoms with Crippen LogP contribution in [0.1, 0.15) is 15.2 Å². The van der Waals surface area contributed by atoms with Gasteiger partial charge in [0.15, 0.2) is 5.84 Å². The van der Waals surface area contributed by atoms with Gasteiger partial charge in [0.2, 0.25) is 0 Å². The number of halogens is 1. The van der Waals surface area contributed by atoms with E-state index in [1.165, 1.54) is 12.3 Å². The maximum atomic E-state index is 11.8. The fourth-order valence-corrected chi connectivity index (χ4v) is 1.92. The fourth-order valence-electron chi connectivity index (χ4n) is 1.28. The zero-order chi connectivity index (χ0) is 13.8. The Morgan fingerprint density at radius 3 is 2.89 bits per heavy atom. The predicted octanol–water partition coefficient (Wildman–Crippen LogP) is 1.54. The molecule has 1 amide bonds. The van der Waals surface area contributed by atoms with Gasteiger partial charge in [-0.25, -0.2) is 0 Å². The van der Waals surface area contributed by atoms with Gasteiger partial charge in [-0.3, -0.25) is 4.79 Å². The second-order valence-electron chi connectivity index (χ2n) is 3.42. The number of carbonyl (C=O) groups excluding carboxylic acids is 1. The van der Waals surface area contributed by atoms with Gasteiger partial charge in [-0.2, -0.15) is 0 Å². The number of benzene rings is 1. The van der Waals surface area contributed by atoms with E-state index >= 15 is 0 Å². The number of amidine groups is 1. The SMILES string of the molecule is N/C(=N/O)c1ccc(NC(=O)c2cnns2)c(Cl)c1. The number of nitrogens with two attached hydrogens (primary N) is 1. The smallest absolute Gasteiger partial charge is 0.269 e. The van der Waals surface area contributed by atoms with E-state index in [2.05, 4.69) is 20.1 Å². The summed E-state index contributed by atoms with van der Waals surface area (Å²) in [7, 11) is 0. The Balaban J connectivity index is 2.20. The monoisotopic (exact) mass is 297 g/mol. The second kappa shape index (κ2) is 5.63. The minimum absolute atomic E-state index is 0.0635. The average molecular weight is 298 g/mol. The lowest BCUT2D eigenvalue weighted by atomic mass is 10.2. The van der Waals surface area contributed by atoms with Crippen molar-refractivity contribution < 1.29 is 10.0 Å². The zero-order valence-electron chi connectivity index (χ0n) is 9.37. The molecule has 0 spiro atoms. The van der Waals surface area contributed by atoms with E-state index in [-0.39, 0.29) is 16.8 Å². The van der Waals surface area contributed by atoms with E-state index in [1.807, 2.05) is 0 Å². The quantitative estimate of drug-likeness (QED) is 0.344. The highest BCUT2D eigenvalue weighted by atomic mass is 35.5. The lowest BCUT2D eigenvalue weighted by molar-refractivity contribution is 0.103. The van der Waals surface area contributed by atoms with Crippen molar-refractivity contribution in [3.8, 4) is 0 Å². The molecule has 2 aromatic rings. The standard InChI is InChI=1S/C10H8ClN5O2S/c11-6-3-5(9(12)15-18)1-2-7(6)14-10(17)8-4-13-16-19-8/h1-4,18H,(H2,12,15)(H,14,17). The topological polar surface area (TPSA) is 113 Å². The molecule has 0 radical (unpaired) electrons. The molecule has 0 fully saturated rings. The van der Waals surface area contributed by atoms with Crippen molar-refractivity contribution in [3.63, 3.8) is 0 Å². The number of carbonyl (C=O) groups is 1. The van der Waals surface area contributed by atoms with Crippen LogP contribution in [0, 0.1) is 0 Å². The number of hydrogen-bond acceptors (Lipinski definition) is 6. The maximum absolute atomic E-state index is 11.8. The van der Waals surface area contributed by atoms with Gasteiger partial charge in [-0.15, -0.1) is 5.10 Å². The van der Waals surface area contributed by atoms with Crippen LogP contribution < -0.4 is 11.1 Å². The van der Waals surface area contributed by atoms with Crippen LogP contribution in [0.3, 0.4) is 0 Å². The fraction of sp³-hybridized carbons (Fsp3) is 0. The van der Waals surface area contributed by atoms with Gasteiger partial charge in [0.1, 0.15) is 4.88 Å². The first-order valence-corrected chi connectivity index (χ1v) is 6.13. The first-order valence-electron chi connectivity index (χ1n) is 4.98. The molecule has 0 aliphatic rings. The van der Waals surface area contributed by atoms with Gasteiger partial charge >= 0.3 is 0 Å². The maximum Gasteiger partial charge on any atom is 0.269 e. The Kier molecular flexibility index (Phi) is 3.93. The molecule has 0 saturated carbocycles. The summed E-state index contributed by atoms with van der Waals surface area (Å²) in [5.74, 6) is -0.417. The molecule has 1 aromatic carbocycles. The number of hydrogen-bond donors (Lipinski definition) is 3. The molecule has 7 nitrogen and oxygen atoms in total. The van der Waals surface area contributed by atoms with Crippen molar-refractivity contribution >= 4 is 40.6 Å². The van der Waals surface area contributed by atoms with E-state index in [9.17, 15) is 4.79 Å². The summed E-state index contributed by atoms with van der Waals surface area (Å²) in [5.41, 5.74) is 6.29. The Bertz CT molecular complexity index is 629. The summed E-state index contributed by atoms with van der Waals surface area (Å²) in [4.78, 5) is 12.1. The van der Waals surface area contributed by atoms with Gasteiger partial charge in [0, 0.05) is 5.56 Å². The van der Waals surface area contributed by atoms with Gasteiger partial charge < -0.3 is 16.3 Å². The third-order valence-corrected chi connectivity index (χ3v) is 3.18. The van der Waals surface area contributed by atoms with Crippen molar-refractivity contribution in [2.24, 2.45) is 10.9 Å². The Labute approximate surface area is 116 Å². The number of rotatable bonds is 3. The van der Waals surface area contributed by atoms with Crippen LogP contribution in [-0.2, 0) is 0 Å². The van der Waals surface area contributed by atoms with Crippen LogP contribution in [0.2, 0.25) is 5.02 Å². The number of nitrogens with zero attached hydrogens (tertiary/aromatic N) is 3. The van der Waals surface area contributed by atoms with Gasteiger partial charge in [0.25, 0.3) is 5.91 Å². The highest BCUT2D eigenvalue weighted by Gasteiger charge is 2.11. The normalized spacial score (nSPS) is 11.3. The zero-order valence-corrected chi connectivity index (χ0v) is 10.9. The Morgan fingerprint density at radius 1 is 1.53 bits per heavy atom. The van der Waals surface area contributed by atoms with E-state index < -0.39 is 0 Å². The van der Waals surface area contributed by atoms with Crippen LogP contribution in [0.15, 0.2) is 29.6 Å². The molecule has 1 heterocycles. The van der Waals surface area contributed by atoms with Crippen molar-refractivity contribution in [1.82, 2.24) is 9.59 Å². The second-order valence-corrected chi connectivity index (χ2v) is 4.61. The van der Waals surface area contributed by atoms with E-state index in [4.69, 9.17) is 22.5 Å². The van der Waals surface area contributed by atoms with E-state index in [0.29, 0.717) is 16.1 Å². The number of nitrogens with one attached hydrogen (secondary N) is 1. The molecule has 0 atom stereocenters. The van der Waals surface area contributed by atoms with Crippen LogP contribution in [0.5, 0.6) is 0 Å². The molecule has 19 heavy (non-hydrogen) atoms. The highest BCUT2D eigenvalue weighted by molar-refractivity contribution is 7.07. The van der Waals surface area contributed by atoms with Crippen LogP contribution in [0.4, 0.5) is 5.69 Å². The average Bonchev–Trinajstić information content (AvgIpc) is 2.94. The first kappa shape index (κ1) is 13.2. The highest BCUT2D eigenvalue weighted by Crippen LogP contribution is 2.23. The molecule has 98 valence electrons. The number of anilines is 1. The van der Waals surface area contributed by atoms with Crippen molar-refractivity contribution in [1.29, 1.82) is 0 Å². The van der Waals surface area contributed by atoms with E-state index in [1.54, 1.807) is 12.1 Å². The third kappa shape index (κ3) is 2.98. The molecular formula is C10H8ClN5O2S. The molecule has 0 aliphatic heterocycles.